The third-order valence-electron chi connectivity index (χ3n) is 16.2. The number of aromatic nitrogens is 1. The fourth-order valence-corrected chi connectivity index (χ4v) is 12.3. The van der Waals surface area contributed by atoms with Crippen LogP contribution in [0.25, 0.3) is 0 Å². The number of Topliss-reactive ketones (excluding diaryl/α,β-unsaturated/α-hetero) is 1. The lowest BCUT2D eigenvalue weighted by Gasteiger charge is -2.70. The zero-order valence-electron chi connectivity index (χ0n) is 39.0. The maximum absolute atomic E-state index is 14.6. The van der Waals surface area contributed by atoms with Gasteiger partial charge < -0.3 is 29.8 Å². The quantitative estimate of drug-likeness (QED) is 0.0675. The van der Waals surface area contributed by atoms with Crippen LogP contribution in [-0.4, -0.2) is 111 Å². The Morgan fingerprint density at radius 2 is 1.28 bits per heavy atom. The molecule has 5 aliphatic carbocycles. The van der Waals surface area contributed by atoms with Gasteiger partial charge in [0.15, 0.2) is 5.78 Å². The molecule has 0 unspecified atom stereocenters. The summed E-state index contributed by atoms with van der Waals surface area (Å²) in [6.07, 6.45) is 9.76. The van der Waals surface area contributed by atoms with Gasteiger partial charge in [0.2, 0.25) is 17.7 Å². The highest BCUT2D eigenvalue weighted by Gasteiger charge is 2.70. The highest BCUT2D eigenvalue weighted by atomic mass is 17.2. The summed E-state index contributed by atoms with van der Waals surface area (Å²) in [5.74, 6) is -0.667. The van der Waals surface area contributed by atoms with Crippen molar-refractivity contribution in [3.63, 3.8) is 0 Å². The number of amides is 1. The van der Waals surface area contributed by atoms with Crippen LogP contribution in [0.2, 0.25) is 0 Å². The van der Waals surface area contributed by atoms with E-state index in [0.29, 0.717) is 36.5 Å². The molecule has 0 radical (unpaired) electrons. The summed E-state index contributed by atoms with van der Waals surface area (Å²) in [7, 11) is 0. The molecule has 64 heavy (non-hydrogen) atoms. The number of carbonyl (C=O) groups excluding carboxylic acids is 4. The smallest absolute Gasteiger partial charge is 0.335 e. The molecule has 1 amide bonds. The van der Waals surface area contributed by atoms with Crippen molar-refractivity contribution >= 4 is 23.4 Å². The number of hydrogen-bond donors (Lipinski definition) is 3. The van der Waals surface area contributed by atoms with Gasteiger partial charge in [0.1, 0.15) is 45.4 Å². The van der Waals surface area contributed by atoms with Crippen LogP contribution in [0, 0.1) is 50.2 Å². The first-order chi connectivity index (χ1) is 30.3. The molecule has 3 N–H and O–H groups in total. The van der Waals surface area contributed by atoms with Crippen LogP contribution in [0.3, 0.4) is 0 Å². The lowest BCUT2D eigenvalue weighted by atomic mass is 9.33. The second-order valence-electron chi connectivity index (χ2n) is 20.4. The Morgan fingerprint density at radius 1 is 0.719 bits per heavy atom. The number of ketones is 2. The van der Waals surface area contributed by atoms with E-state index in [4.69, 9.17) is 43.6 Å². The zero-order chi connectivity index (χ0) is 46.4. The van der Waals surface area contributed by atoms with Crippen molar-refractivity contribution < 1.29 is 73.0 Å². The summed E-state index contributed by atoms with van der Waals surface area (Å²) in [5.41, 5.74) is -0.234. The number of nitrogens with one attached hydrogen (secondary N) is 1. The molecule has 360 valence electrons. The maximum Gasteiger partial charge on any atom is 0.335 e. The number of aromatic hydroxyl groups is 2. The van der Waals surface area contributed by atoms with Crippen molar-refractivity contribution in [1.29, 1.82) is 0 Å². The summed E-state index contributed by atoms with van der Waals surface area (Å²) < 4.78 is 11.5. The van der Waals surface area contributed by atoms with Crippen molar-refractivity contribution in [2.24, 2.45) is 50.2 Å². The summed E-state index contributed by atoms with van der Waals surface area (Å²) in [5, 5.41) is 22.1. The molecule has 0 aromatic carbocycles. The topological polar surface area (TPSA) is 209 Å². The Morgan fingerprint density at radius 3 is 1.89 bits per heavy atom. The van der Waals surface area contributed by atoms with Gasteiger partial charge in [-0.05, 0) is 90.9 Å². The van der Waals surface area contributed by atoms with Crippen LogP contribution in [-0.2, 0) is 58.0 Å². The van der Waals surface area contributed by atoms with Crippen LogP contribution in [0.4, 0.5) is 0 Å². The molecule has 6 rings (SSSR count). The van der Waals surface area contributed by atoms with E-state index in [1.165, 1.54) is 17.7 Å². The van der Waals surface area contributed by atoms with E-state index in [0.717, 1.165) is 44.9 Å². The lowest BCUT2D eigenvalue weighted by Crippen LogP contribution is -2.66. The van der Waals surface area contributed by atoms with Gasteiger partial charge in [-0.2, -0.15) is 0 Å². The van der Waals surface area contributed by atoms with Crippen LogP contribution in [0.1, 0.15) is 113 Å². The number of rotatable bonds is 23. The van der Waals surface area contributed by atoms with Crippen molar-refractivity contribution in [2.45, 2.75) is 113 Å². The van der Waals surface area contributed by atoms with E-state index in [-0.39, 0.29) is 117 Å². The molecular formula is C47H72N2O15. The standard InChI is InChI=1S/C47H72N2O15/c1-42(2)35-10-14-47(7)40(45(35,5)13-11-36(42)51)34(50)30-32-33-31-44(4,16-15-43(33,3)17-18-46(32,47)6)41(55)48-19-21-57-23-25-59-61-27-29-63-62-28-26-60-58-24-22-56-20-12-39(54)64-49-37(52)8-9-38(49)53/h8-9,30,33,35,40,52-53H,10-29,31H2,1-7H3,(H,48,55)/t33-,35+,40-,43-,44+,45+,46-,47-/m1/s1. The summed E-state index contributed by atoms with van der Waals surface area (Å²) in [4.78, 5) is 88.2. The number of allylic oxidation sites excluding steroid dienone is 2. The Balaban J connectivity index is 0.807. The molecule has 4 saturated carbocycles. The minimum Gasteiger partial charge on any atom is -0.492 e. The number of nitrogens with zero attached hydrogens (tertiary/aromatic N) is 1. The molecule has 1 heterocycles. The van der Waals surface area contributed by atoms with E-state index in [9.17, 15) is 29.4 Å². The third kappa shape index (κ3) is 10.3. The maximum atomic E-state index is 14.6. The van der Waals surface area contributed by atoms with E-state index in [2.05, 4.69) is 53.8 Å². The monoisotopic (exact) mass is 904 g/mol. The van der Waals surface area contributed by atoms with Crippen molar-refractivity contribution in [3.8, 4) is 11.8 Å². The second-order valence-corrected chi connectivity index (χ2v) is 20.4. The minimum absolute atomic E-state index is 0.0279. The lowest BCUT2D eigenvalue weighted by molar-refractivity contribution is -0.360. The van der Waals surface area contributed by atoms with E-state index in [1.54, 1.807) is 0 Å². The van der Waals surface area contributed by atoms with Gasteiger partial charge in [0.25, 0.3) is 0 Å². The average molecular weight is 905 g/mol. The van der Waals surface area contributed by atoms with Crippen LogP contribution >= 0.6 is 0 Å². The van der Waals surface area contributed by atoms with Gasteiger partial charge in [0, 0.05) is 41.8 Å². The molecule has 0 bridgehead atoms. The predicted octanol–water partition coefficient (Wildman–Crippen LogP) is 5.79. The summed E-state index contributed by atoms with van der Waals surface area (Å²) in [6.45, 7) is 17.7. The Labute approximate surface area is 376 Å². The van der Waals surface area contributed by atoms with Gasteiger partial charge in [0.05, 0.1) is 32.8 Å². The molecule has 5 aliphatic rings. The SMILES string of the molecule is CC1(C)C(=O)CC[C@]2(C)[C@H]3C(=O)C=C4[C@H]5C[C@@](C)(C(=O)NCCOCCOOCCOOCCOOCCOCCC(=O)On6c(O)ccc6O)CC[C@]5(C)CC[C@@]4(C)[C@]3(C)CC[C@@H]12. The van der Waals surface area contributed by atoms with E-state index in [1.807, 2.05) is 6.08 Å². The first kappa shape index (κ1) is 50.0. The normalized spacial score (nSPS) is 33.0. The van der Waals surface area contributed by atoms with Crippen LogP contribution < -0.4 is 10.2 Å². The molecule has 8 atom stereocenters. The predicted molar refractivity (Wildman–Crippen MR) is 229 cm³/mol. The second kappa shape index (κ2) is 20.6. The highest BCUT2D eigenvalue weighted by molar-refractivity contribution is 5.96. The highest BCUT2D eigenvalue weighted by Crippen LogP contribution is 2.74. The van der Waals surface area contributed by atoms with Gasteiger partial charge in [-0.15, -0.1) is 4.73 Å². The fourth-order valence-electron chi connectivity index (χ4n) is 12.3. The minimum atomic E-state index is -0.703. The average Bonchev–Trinajstić information content (AvgIpc) is 3.56. The molecule has 1 aromatic rings. The summed E-state index contributed by atoms with van der Waals surface area (Å²) in [6, 6.07) is 2.36. The number of hydrogen-bond acceptors (Lipinski definition) is 15. The van der Waals surface area contributed by atoms with E-state index >= 15 is 0 Å². The summed E-state index contributed by atoms with van der Waals surface area (Å²) >= 11 is 0. The first-order valence-corrected chi connectivity index (χ1v) is 23.1. The molecule has 0 aliphatic heterocycles. The van der Waals surface area contributed by atoms with Crippen LogP contribution in [0.5, 0.6) is 11.8 Å². The van der Waals surface area contributed by atoms with Crippen molar-refractivity contribution in [1.82, 2.24) is 10.0 Å². The van der Waals surface area contributed by atoms with Crippen molar-refractivity contribution in [2.75, 3.05) is 72.6 Å². The third-order valence-corrected chi connectivity index (χ3v) is 16.2. The van der Waals surface area contributed by atoms with Gasteiger partial charge in [-0.25, -0.2) is 34.1 Å². The molecule has 17 heteroatoms. The van der Waals surface area contributed by atoms with E-state index < -0.39 is 28.6 Å². The molecule has 0 saturated heterocycles. The molecule has 0 spiro atoms. The number of fused-ring (bicyclic) bond motifs is 7. The Bertz CT molecular complexity index is 1830. The molecule has 17 nitrogen and oxygen atoms in total. The number of ether oxygens (including phenoxy) is 2. The molecule has 4 fully saturated rings. The first-order valence-electron chi connectivity index (χ1n) is 23.1. The Kier molecular flexibility index (Phi) is 16.1. The largest absolute Gasteiger partial charge is 0.492 e. The fraction of sp³-hybridized carbons (Fsp3) is 0.787. The van der Waals surface area contributed by atoms with Gasteiger partial charge >= 0.3 is 5.97 Å². The van der Waals surface area contributed by atoms with Gasteiger partial charge in [-0.3, -0.25) is 14.4 Å². The number of carbonyl (C=O) groups is 4. The van der Waals surface area contributed by atoms with Gasteiger partial charge in [-0.1, -0.05) is 54.0 Å². The van der Waals surface area contributed by atoms with Crippen molar-refractivity contribution in [3.05, 3.63) is 23.8 Å². The Hall–Kier alpha value is -3.42. The zero-order valence-corrected chi connectivity index (χ0v) is 39.0. The molecule has 1 aromatic heterocycles. The molecular weight excluding hydrogens is 833 g/mol. The van der Waals surface area contributed by atoms with Crippen LogP contribution in [0.15, 0.2) is 23.8 Å².